The minimum Gasteiger partial charge on any atom is -0.297 e. The molecule has 0 fully saturated rings. The van der Waals surface area contributed by atoms with Gasteiger partial charge < -0.3 is 0 Å². The van der Waals surface area contributed by atoms with E-state index in [1.165, 1.54) is 22.7 Å². The molecule has 2 amide bonds. The molecule has 4 heterocycles. The van der Waals surface area contributed by atoms with E-state index >= 15 is 0 Å². The average Bonchev–Trinajstić information content (AvgIpc) is 3.55. The first-order chi connectivity index (χ1) is 15.9. The highest BCUT2D eigenvalue weighted by Crippen LogP contribution is 2.31. The van der Waals surface area contributed by atoms with Crippen molar-refractivity contribution in [1.82, 2.24) is 25.0 Å². The van der Waals surface area contributed by atoms with Crippen LogP contribution >= 0.6 is 34.0 Å². The Labute approximate surface area is 200 Å². The second-order valence-electron chi connectivity index (χ2n) is 7.13. The second kappa shape index (κ2) is 8.46. The lowest BCUT2D eigenvalue weighted by molar-refractivity contribution is 0.102. The van der Waals surface area contributed by atoms with Gasteiger partial charge in [-0.15, -0.1) is 21.5 Å². The third-order valence-electron chi connectivity index (χ3n) is 4.74. The molecule has 5 rings (SSSR count). The van der Waals surface area contributed by atoms with Crippen LogP contribution in [0.1, 0.15) is 35.7 Å². The van der Waals surface area contributed by atoms with Gasteiger partial charge in [-0.2, -0.15) is 5.10 Å². The van der Waals surface area contributed by atoms with E-state index < -0.39 is 0 Å². The van der Waals surface area contributed by atoms with Crippen molar-refractivity contribution >= 4 is 66.3 Å². The van der Waals surface area contributed by atoms with Crippen molar-refractivity contribution in [3.8, 4) is 5.69 Å². The number of thiophene rings is 1. The molecule has 0 atom stereocenters. The lowest BCUT2D eigenvalue weighted by atomic mass is 10.3. The lowest BCUT2D eigenvalue weighted by Gasteiger charge is -2.01. The number of para-hydroxylation sites is 1. The van der Waals surface area contributed by atoms with Gasteiger partial charge in [-0.05, 0) is 39.0 Å². The van der Waals surface area contributed by atoms with E-state index in [1.807, 2.05) is 54.9 Å². The van der Waals surface area contributed by atoms with Crippen LogP contribution in [0.5, 0.6) is 0 Å². The van der Waals surface area contributed by atoms with Gasteiger partial charge in [0, 0.05) is 5.39 Å². The van der Waals surface area contributed by atoms with Crippen LogP contribution in [-0.2, 0) is 0 Å². The Morgan fingerprint density at radius 2 is 1.64 bits per heavy atom. The maximum Gasteiger partial charge on any atom is 0.269 e. The molecule has 0 aliphatic carbocycles. The molecule has 0 saturated carbocycles. The van der Waals surface area contributed by atoms with Crippen molar-refractivity contribution in [2.75, 3.05) is 10.6 Å². The number of nitrogens with zero attached hydrogens (tertiary/aromatic N) is 5. The number of anilines is 2. The Morgan fingerprint density at radius 3 is 2.36 bits per heavy atom. The Bertz CT molecular complexity index is 1500. The van der Waals surface area contributed by atoms with E-state index in [1.54, 1.807) is 6.92 Å². The number of aromatic nitrogens is 5. The summed E-state index contributed by atoms with van der Waals surface area (Å²) >= 11 is 3.77. The molecule has 0 unspecified atom stereocenters. The SMILES string of the molecule is Cc1nnc(NC(=O)c2sc(NC(=O)c3cc4c(C)nn(-c5ccccc5)c4s3)nc2C)s1. The van der Waals surface area contributed by atoms with Gasteiger partial charge in [0.15, 0.2) is 5.13 Å². The third kappa shape index (κ3) is 4.15. The summed E-state index contributed by atoms with van der Waals surface area (Å²) in [6, 6.07) is 11.6. The normalized spacial score (nSPS) is 11.1. The molecule has 9 nitrogen and oxygen atoms in total. The van der Waals surface area contributed by atoms with E-state index in [0.717, 1.165) is 37.9 Å². The van der Waals surface area contributed by atoms with Crippen molar-refractivity contribution in [3.05, 3.63) is 62.5 Å². The van der Waals surface area contributed by atoms with Crippen LogP contribution in [0.3, 0.4) is 0 Å². The predicted octanol–water partition coefficient (Wildman–Crippen LogP) is 4.82. The van der Waals surface area contributed by atoms with E-state index in [0.29, 0.717) is 25.7 Å². The van der Waals surface area contributed by atoms with Crippen LogP contribution in [0.25, 0.3) is 15.9 Å². The summed E-state index contributed by atoms with van der Waals surface area (Å²) in [6.07, 6.45) is 0. The van der Waals surface area contributed by atoms with Gasteiger partial charge in [0.2, 0.25) is 5.13 Å². The fourth-order valence-electron chi connectivity index (χ4n) is 3.22. The van der Waals surface area contributed by atoms with Gasteiger partial charge in [-0.3, -0.25) is 20.2 Å². The number of aryl methyl sites for hydroxylation is 3. The number of fused-ring (bicyclic) bond motifs is 1. The van der Waals surface area contributed by atoms with Gasteiger partial charge in [0.1, 0.15) is 14.7 Å². The first kappa shape index (κ1) is 21.4. The number of rotatable bonds is 5. The Balaban J connectivity index is 1.37. The van der Waals surface area contributed by atoms with Crippen LogP contribution in [0.4, 0.5) is 10.3 Å². The molecule has 0 radical (unpaired) electrons. The highest BCUT2D eigenvalue weighted by molar-refractivity contribution is 7.21. The lowest BCUT2D eigenvalue weighted by Crippen LogP contribution is -2.11. The third-order valence-corrected chi connectivity index (χ3v) is 7.67. The van der Waals surface area contributed by atoms with Gasteiger partial charge in [0.25, 0.3) is 11.8 Å². The molecule has 0 aliphatic rings. The van der Waals surface area contributed by atoms with Crippen LogP contribution < -0.4 is 10.6 Å². The number of hydrogen-bond acceptors (Lipinski definition) is 9. The van der Waals surface area contributed by atoms with Gasteiger partial charge in [-0.25, -0.2) is 9.67 Å². The second-order valence-corrected chi connectivity index (χ2v) is 10.3. The summed E-state index contributed by atoms with van der Waals surface area (Å²) in [5.41, 5.74) is 2.31. The van der Waals surface area contributed by atoms with Crippen molar-refractivity contribution in [2.45, 2.75) is 20.8 Å². The zero-order valence-electron chi connectivity index (χ0n) is 17.7. The number of hydrogen-bond donors (Lipinski definition) is 2. The minimum atomic E-state index is -0.331. The largest absolute Gasteiger partial charge is 0.297 e. The monoisotopic (exact) mass is 495 g/mol. The molecule has 0 aliphatic heterocycles. The Morgan fingerprint density at radius 1 is 0.879 bits per heavy atom. The van der Waals surface area contributed by atoms with Gasteiger partial charge >= 0.3 is 0 Å². The first-order valence-corrected chi connectivity index (χ1v) is 12.3. The number of benzene rings is 1. The first-order valence-electron chi connectivity index (χ1n) is 9.84. The van der Waals surface area contributed by atoms with Crippen LogP contribution in [-0.4, -0.2) is 36.8 Å². The van der Waals surface area contributed by atoms with E-state index in [2.05, 4.69) is 30.9 Å². The molecule has 4 aromatic heterocycles. The summed E-state index contributed by atoms with van der Waals surface area (Å²) in [4.78, 5) is 31.7. The number of amides is 2. The van der Waals surface area contributed by atoms with Crippen LogP contribution in [0.2, 0.25) is 0 Å². The maximum absolute atomic E-state index is 12.9. The topological polar surface area (TPSA) is 115 Å². The van der Waals surface area contributed by atoms with Crippen molar-refractivity contribution in [2.24, 2.45) is 0 Å². The predicted molar refractivity (Wildman–Crippen MR) is 131 cm³/mol. The molecule has 5 aromatic rings. The number of carbonyl (C=O) groups is 2. The highest BCUT2D eigenvalue weighted by atomic mass is 32.1. The van der Waals surface area contributed by atoms with E-state index in [-0.39, 0.29) is 11.8 Å². The molecule has 166 valence electrons. The fourth-order valence-corrected chi connectivity index (χ4v) is 5.75. The zero-order valence-corrected chi connectivity index (χ0v) is 20.2. The highest BCUT2D eigenvalue weighted by Gasteiger charge is 2.21. The molecule has 0 bridgehead atoms. The van der Waals surface area contributed by atoms with Crippen LogP contribution in [0, 0.1) is 20.8 Å². The smallest absolute Gasteiger partial charge is 0.269 e. The molecule has 2 N–H and O–H groups in total. The quantitative estimate of drug-likeness (QED) is 0.361. The molecule has 0 spiro atoms. The van der Waals surface area contributed by atoms with Gasteiger partial charge in [-0.1, -0.05) is 40.9 Å². The van der Waals surface area contributed by atoms with Gasteiger partial charge in [0.05, 0.1) is 22.0 Å². The van der Waals surface area contributed by atoms with Crippen molar-refractivity contribution in [3.63, 3.8) is 0 Å². The van der Waals surface area contributed by atoms with E-state index in [9.17, 15) is 9.59 Å². The Hall–Kier alpha value is -3.48. The molecule has 1 aromatic carbocycles. The summed E-state index contributed by atoms with van der Waals surface area (Å²) < 4.78 is 1.84. The Kier molecular flexibility index (Phi) is 5.48. The fraction of sp³-hybridized carbons (Fsp3) is 0.143. The summed E-state index contributed by atoms with van der Waals surface area (Å²) in [6.45, 7) is 5.46. The molecular weight excluding hydrogens is 478 g/mol. The van der Waals surface area contributed by atoms with Crippen LogP contribution in [0.15, 0.2) is 36.4 Å². The summed E-state index contributed by atoms with van der Waals surface area (Å²) in [7, 11) is 0. The summed E-state index contributed by atoms with van der Waals surface area (Å²) in [5, 5.41) is 20.4. The van der Waals surface area contributed by atoms with Crippen molar-refractivity contribution < 1.29 is 9.59 Å². The summed E-state index contributed by atoms with van der Waals surface area (Å²) in [5.74, 6) is -0.613. The standard InChI is InChI=1S/C21H17N7O2S3/c1-10-14-9-15(32-19(14)28(27-10)13-7-5-4-6-8-13)17(29)23-20-22-11(2)16(33-20)18(30)24-21-26-25-12(3)31-21/h4-9H,1-3H3,(H,22,23,29)(H,24,26,30). The minimum absolute atomic E-state index is 0.282. The maximum atomic E-state index is 12.9. The van der Waals surface area contributed by atoms with E-state index in [4.69, 9.17) is 0 Å². The molecule has 12 heteroatoms. The molecular formula is C21H17N7O2S3. The number of carbonyl (C=O) groups excluding carboxylic acids is 2. The van der Waals surface area contributed by atoms with Crippen molar-refractivity contribution in [1.29, 1.82) is 0 Å². The zero-order chi connectivity index (χ0) is 23.1. The molecule has 33 heavy (non-hydrogen) atoms. The number of thiazole rings is 1. The molecule has 0 saturated heterocycles. The number of nitrogens with one attached hydrogen (secondary N) is 2. The average molecular weight is 496 g/mol.